The predicted molar refractivity (Wildman–Crippen MR) is 118 cm³/mol. The summed E-state index contributed by atoms with van der Waals surface area (Å²) in [6, 6.07) is 14.9. The lowest BCUT2D eigenvalue weighted by Gasteiger charge is -2.10. The zero-order valence-corrected chi connectivity index (χ0v) is 17.6. The van der Waals surface area contributed by atoms with Crippen molar-refractivity contribution in [2.24, 2.45) is 5.92 Å². The van der Waals surface area contributed by atoms with Crippen LogP contribution in [0.15, 0.2) is 53.3 Å². The van der Waals surface area contributed by atoms with E-state index >= 15 is 0 Å². The van der Waals surface area contributed by atoms with Crippen molar-refractivity contribution in [3.05, 3.63) is 64.6 Å². The number of nitrogens with zero attached hydrogens (tertiary/aromatic N) is 2. The summed E-state index contributed by atoms with van der Waals surface area (Å²) < 4.78 is 3.23. The first kappa shape index (κ1) is 21.4. The van der Waals surface area contributed by atoms with E-state index in [2.05, 4.69) is 10.6 Å². The van der Waals surface area contributed by atoms with E-state index in [0.717, 1.165) is 23.0 Å². The summed E-state index contributed by atoms with van der Waals surface area (Å²) in [6.45, 7) is 6.57. The molecule has 158 valence electrons. The van der Waals surface area contributed by atoms with Crippen LogP contribution in [0.4, 0.5) is 5.69 Å². The molecule has 1 heterocycles. The van der Waals surface area contributed by atoms with E-state index in [-0.39, 0.29) is 30.0 Å². The maximum atomic E-state index is 12.8. The van der Waals surface area contributed by atoms with Crippen molar-refractivity contribution in [3.63, 3.8) is 0 Å². The standard InChI is InChI=1S/C23H28N4O3/c1-4-12-26-19-10-5-6-11-20(19)27(23(26)30)15-21(28)24-14-17-8-7-9-18(13-17)25-22(29)16(2)3/h5-11,13,16H,4,12,14-15H2,1-3H3,(H,24,28)(H,25,29). The molecule has 7 heteroatoms. The number of anilines is 1. The van der Waals surface area contributed by atoms with Crippen molar-refractivity contribution in [1.82, 2.24) is 14.5 Å². The number of carbonyl (C=O) groups excluding carboxylic acids is 2. The quantitative estimate of drug-likeness (QED) is 0.601. The average Bonchev–Trinajstić information content (AvgIpc) is 2.99. The molecule has 30 heavy (non-hydrogen) atoms. The fourth-order valence-electron chi connectivity index (χ4n) is 3.31. The monoisotopic (exact) mass is 408 g/mol. The first-order valence-corrected chi connectivity index (χ1v) is 10.2. The van der Waals surface area contributed by atoms with Crippen LogP contribution >= 0.6 is 0 Å². The summed E-state index contributed by atoms with van der Waals surface area (Å²) in [5, 5.41) is 5.71. The third-order valence-electron chi connectivity index (χ3n) is 4.88. The molecule has 0 aliphatic heterocycles. The number of para-hydroxylation sites is 2. The number of amides is 2. The number of rotatable bonds is 8. The summed E-state index contributed by atoms with van der Waals surface area (Å²) in [5.74, 6) is -0.409. The molecule has 0 unspecified atom stereocenters. The van der Waals surface area contributed by atoms with Gasteiger partial charge in [0.15, 0.2) is 0 Å². The number of aromatic nitrogens is 2. The highest BCUT2D eigenvalue weighted by Crippen LogP contribution is 2.14. The third kappa shape index (κ3) is 4.79. The molecule has 0 bridgehead atoms. The summed E-state index contributed by atoms with van der Waals surface area (Å²) >= 11 is 0. The van der Waals surface area contributed by atoms with Gasteiger partial charge in [-0.1, -0.05) is 45.0 Å². The first-order chi connectivity index (χ1) is 14.4. The molecular formula is C23H28N4O3. The zero-order valence-electron chi connectivity index (χ0n) is 17.6. The first-order valence-electron chi connectivity index (χ1n) is 10.2. The van der Waals surface area contributed by atoms with Gasteiger partial charge in [-0.3, -0.25) is 18.7 Å². The summed E-state index contributed by atoms with van der Waals surface area (Å²) in [7, 11) is 0. The third-order valence-corrected chi connectivity index (χ3v) is 4.88. The largest absolute Gasteiger partial charge is 0.350 e. The van der Waals surface area contributed by atoms with E-state index in [9.17, 15) is 14.4 Å². The fourth-order valence-corrected chi connectivity index (χ4v) is 3.31. The molecule has 2 N–H and O–H groups in total. The number of imidazole rings is 1. The fraction of sp³-hybridized carbons (Fsp3) is 0.348. The van der Waals surface area contributed by atoms with E-state index in [1.165, 1.54) is 4.57 Å². The highest BCUT2D eigenvalue weighted by molar-refractivity contribution is 5.92. The van der Waals surface area contributed by atoms with Gasteiger partial charge in [0, 0.05) is 24.7 Å². The molecule has 0 fully saturated rings. The molecule has 7 nitrogen and oxygen atoms in total. The van der Waals surface area contributed by atoms with E-state index in [0.29, 0.717) is 18.8 Å². The summed E-state index contributed by atoms with van der Waals surface area (Å²) in [4.78, 5) is 37.2. The van der Waals surface area contributed by atoms with Crippen molar-refractivity contribution >= 4 is 28.5 Å². The van der Waals surface area contributed by atoms with Crippen LogP contribution in [0.5, 0.6) is 0 Å². The second-order valence-corrected chi connectivity index (χ2v) is 7.63. The van der Waals surface area contributed by atoms with Crippen LogP contribution in [0.3, 0.4) is 0 Å². The van der Waals surface area contributed by atoms with Crippen LogP contribution in [0.25, 0.3) is 11.0 Å². The lowest BCUT2D eigenvalue weighted by Crippen LogP contribution is -2.32. The molecule has 0 aliphatic carbocycles. The van der Waals surface area contributed by atoms with Crippen LogP contribution in [-0.2, 0) is 29.2 Å². The van der Waals surface area contributed by atoms with Gasteiger partial charge in [-0.25, -0.2) is 4.79 Å². The average molecular weight is 409 g/mol. The Balaban J connectivity index is 1.69. The Kier molecular flexibility index (Phi) is 6.72. The van der Waals surface area contributed by atoms with Gasteiger partial charge in [0.25, 0.3) is 0 Å². The Morgan fingerprint density at radius 1 is 1.00 bits per heavy atom. The van der Waals surface area contributed by atoms with Gasteiger partial charge in [-0.15, -0.1) is 0 Å². The van der Waals surface area contributed by atoms with Gasteiger partial charge in [-0.05, 0) is 36.2 Å². The smallest absolute Gasteiger partial charge is 0.329 e. The van der Waals surface area contributed by atoms with Gasteiger partial charge in [0.05, 0.1) is 11.0 Å². The number of carbonyl (C=O) groups is 2. The van der Waals surface area contributed by atoms with Crippen LogP contribution in [0.1, 0.15) is 32.8 Å². The van der Waals surface area contributed by atoms with Crippen LogP contribution < -0.4 is 16.3 Å². The van der Waals surface area contributed by atoms with Gasteiger partial charge < -0.3 is 10.6 Å². The predicted octanol–water partition coefficient (Wildman–Crippen LogP) is 3.12. The number of fused-ring (bicyclic) bond motifs is 1. The molecule has 3 aromatic rings. The number of nitrogens with one attached hydrogen (secondary N) is 2. The van der Waals surface area contributed by atoms with Crippen molar-refractivity contribution in [1.29, 1.82) is 0 Å². The van der Waals surface area contributed by atoms with Gasteiger partial charge >= 0.3 is 5.69 Å². The second-order valence-electron chi connectivity index (χ2n) is 7.63. The molecule has 1 aromatic heterocycles. The number of benzene rings is 2. The van der Waals surface area contributed by atoms with E-state index in [1.54, 1.807) is 4.57 Å². The molecule has 0 saturated carbocycles. The van der Waals surface area contributed by atoms with Gasteiger partial charge in [0.2, 0.25) is 11.8 Å². The zero-order chi connectivity index (χ0) is 21.7. The van der Waals surface area contributed by atoms with E-state index < -0.39 is 0 Å². The molecule has 0 atom stereocenters. The minimum atomic E-state index is -0.242. The lowest BCUT2D eigenvalue weighted by molar-refractivity contribution is -0.122. The van der Waals surface area contributed by atoms with Crippen molar-refractivity contribution in [2.45, 2.75) is 46.8 Å². The molecule has 2 amide bonds. The summed E-state index contributed by atoms with van der Waals surface area (Å²) in [6.07, 6.45) is 0.837. The Hall–Kier alpha value is -3.35. The number of aryl methyl sites for hydroxylation is 1. The second kappa shape index (κ2) is 9.43. The highest BCUT2D eigenvalue weighted by atomic mass is 16.2. The van der Waals surface area contributed by atoms with Gasteiger partial charge in [-0.2, -0.15) is 0 Å². The van der Waals surface area contributed by atoms with Crippen molar-refractivity contribution in [3.8, 4) is 0 Å². The Labute approximate surface area is 175 Å². The summed E-state index contributed by atoms with van der Waals surface area (Å²) in [5.41, 5.74) is 2.98. The topological polar surface area (TPSA) is 85.1 Å². The number of hydrogen-bond donors (Lipinski definition) is 2. The molecule has 2 aromatic carbocycles. The van der Waals surface area contributed by atoms with E-state index in [1.807, 2.05) is 69.3 Å². The normalized spacial score (nSPS) is 11.1. The maximum absolute atomic E-state index is 12.8. The molecule has 0 saturated heterocycles. The van der Waals surface area contributed by atoms with Crippen LogP contribution in [-0.4, -0.2) is 20.9 Å². The Bertz CT molecular complexity index is 1110. The molecule has 0 spiro atoms. The Morgan fingerprint density at radius 2 is 1.70 bits per heavy atom. The highest BCUT2D eigenvalue weighted by Gasteiger charge is 2.15. The van der Waals surface area contributed by atoms with Crippen molar-refractivity contribution < 1.29 is 9.59 Å². The minimum absolute atomic E-state index is 0.0418. The minimum Gasteiger partial charge on any atom is -0.350 e. The number of hydrogen-bond acceptors (Lipinski definition) is 3. The van der Waals surface area contributed by atoms with Gasteiger partial charge in [0.1, 0.15) is 6.54 Å². The molecule has 0 radical (unpaired) electrons. The SMILES string of the molecule is CCCn1c(=O)n(CC(=O)NCc2cccc(NC(=O)C(C)C)c2)c2ccccc21. The maximum Gasteiger partial charge on any atom is 0.329 e. The lowest BCUT2D eigenvalue weighted by atomic mass is 10.1. The van der Waals surface area contributed by atoms with Crippen molar-refractivity contribution in [2.75, 3.05) is 5.32 Å². The molecular weight excluding hydrogens is 380 g/mol. The molecule has 0 aliphatic rings. The van der Waals surface area contributed by atoms with E-state index in [4.69, 9.17) is 0 Å². The van der Waals surface area contributed by atoms with Crippen LogP contribution in [0, 0.1) is 5.92 Å². The Morgan fingerprint density at radius 3 is 2.37 bits per heavy atom. The van der Waals surface area contributed by atoms with Crippen LogP contribution in [0.2, 0.25) is 0 Å². The molecule has 3 rings (SSSR count).